The molecule has 0 aliphatic carbocycles. The molecule has 0 spiro atoms. The van der Waals surface area contributed by atoms with Crippen LogP contribution in [0.3, 0.4) is 0 Å². The number of nitrogens with zero attached hydrogens (tertiary/aromatic N) is 1. The molecule has 18 heavy (non-hydrogen) atoms. The minimum Gasteiger partial charge on any atom is -0.376 e. The van der Waals surface area contributed by atoms with Gasteiger partial charge in [-0.25, -0.2) is 0 Å². The summed E-state index contributed by atoms with van der Waals surface area (Å²) in [4.78, 5) is 2.62. The van der Waals surface area contributed by atoms with Crippen LogP contribution in [0.15, 0.2) is 0 Å². The molecular formula is C15H32N2O. The molecule has 0 aromatic heterocycles. The molecule has 0 saturated carbocycles. The van der Waals surface area contributed by atoms with Crippen LogP contribution in [0, 0.1) is 5.41 Å². The quantitative estimate of drug-likeness (QED) is 0.818. The Morgan fingerprint density at radius 1 is 1.39 bits per heavy atom. The molecule has 3 atom stereocenters. The second-order valence-corrected chi connectivity index (χ2v) is 6.70. The van der Waals surface area contributed by atoms with Crippen LogP contribution in [0.4, 0.5) is 0 Å². The fourth-order valence-electron chi connectivity index (χ4n) is 2.87. The van der Waals surface area contributed by atoms with E-state index in [0.717, 1.165) is 13.2 Å². The lowest BCUT2D eigenvalue weighted by Crippen LogP contribution is -2.50. The van der Waals surface area contributed by atoms with E-state index in [4.69, 9.17) is 4.74 Å². The van der Waals surface area contributed by atoms with Crippen LogP contribution < -0.4 is 5.32 Å². The lowest BCUT2D eigenvalue weighted by molar-refractivity contribution is -0.0574. The van der Waals surface area contributed by atoms with Crippen molar-refractivity contribution in [3.63, 3.8) is 0 Å². The van der Waals surface area contributed by atoms with E-state index >= 15 is 0 Å². The third-order valence-electron chi connectivity index (χ3n) is 4.15. The number of rotatable bonds is 5. The second kappa shape index (κ2) is 6.88. The average Bonchev–Trinajstić information content (AvgIpc) is 2.28. The summed E-state index contributed by atoms with van der Waals surface area (Å²) in [5.74, 6) is 0. The number of hydrogen-bond acceptors (Lipinski definition) is 3. The van der Waals surface area contributed by atoms with E-state index in [1.165, 1.54) is 19.4 Å². The van der Waals surface area contributed by atoms with E-state index in [2.05, 4.69) is 51.9 Å². The van der Waals surface area contributed by atoms with Crippen LogP contribution in [0.1, 0.15) is 47.5 Å². The Bertz CT molecular complexity index is 237. The first kappa shape index (κ1) is 15.9. The first-order valence-electron chi connectivity index (χ1n) is 7.41. The van der Waals surface area contributed by atoms with Gasteiger partial charge in [0.2, 0.25) is 0 Å². The Morgan fingerprint density at radius 2 is 2.06 bits per heavy atom. The SMILES string of the molecule is CCC1COC(C)CN1CCC(NC)C(C)(C)C. The van der Waals surface area contributed by atoms with Gasteiger partial charge in [-0.2, -0.15) is 0 Å². The van der Waals surface area contributed by atoms with Gasteiger partial charge in [-0.05, 0) is 32.2 Å². The predicted octanol–water partition coefficient (Wildman–Crippen LogP) is 2.51. The molecule has 1 rings (SSSR count). The maximum absolute atomic E-state index is 5.75. The Kier molecular flexibility index (Phi) is 6.09. The van der Waals surface area contributed by atoms with Crippen molar-refractivity contribution in [1.29, 1.82) is 0 Å². The Hall–Kier alpha value is -0.120. The first-order chi connectivity index (χ1) is 8.38. The van der Waals surface area contributed by atoms with Crippen LogP contribution >= 0.6 is 0 Å². The molecule has 1 heterocycles. The molecule has 108 valence electrons. The highest BCUT2D eigenvalue weighted by Gasteiger charge is 2.28. The average molecular weight is 256 g/mol. The van der Waals surface area contributed by atoms with Gasteiger partial charge >= 0.3 is 0 Å². The summed E-state index contributed by atoms with van der Waals surface area (Å²) in [6, 6.07) is 1.19. The van der Waals surface area contributed by atoms with Crippen LogP contribution in [-0.4, -0.2) is 49.8 Å². The Labute approximate surface area is 113 Å². The van der Waals surface area contributed by atoms with Gasteiger partial charge < -0.3 is 10.1 Å². The van der Waals surface area contributed by atoms with E-state index in [1.807, 2.05) is 0 Å². The third-order valence-corrected chi connectivity index (χ3v) is 4.15. The van der Waals surface area contributed by atoms with Crippen molar-refractivity contribution >= 4 is 0 Å². The number of morpholine rings is 1. The molecule has 1 N–H and O–H groups in total. The third kappa shape index (κ3) is 4.52. The lowest BCUT2D eigenvalue weighted by Gasteiger charge is -2.40. The summed E-state index contributed by atoms with van der Waals surface area (Å²) in [6.45, 7) is 14.5. The van der Waals surface area contributed by atoms with Crippen LogP contribution in [0.2, 0.25) is 0 Å². The van der Waals surface area contributed by atoms with Gasteiger partial charge in [-0.1, -0.05) is 27.7 Å². The van der Waals surface area contributed by atoms with Gasteiger partial charge in [0.05, 0.1) is 12.7 Å². The highest BCUT2D eigenvalue weighted by molar-refractivity contribution is 4.83. The van der Waals surface area contributed by atoms with E-state index in [1.54, 1.807) is 0 Å². The molecular weight excluding hydrogens is 224 g/mol. The zero-order chi connectivity index (χ0) is 13.8. The molecule has 0 aromatic rings. The summed E-state index contributed by atoms with van der Waals surface area (Å²) in [5, 5.41) is 3.47. The van der Waals surface area contributed by atoms with Crippen molar-refractivity contribution in [3.8, 4) is 0 Å². The molecule has 0 amide bonds. The van der Waals surface area contributed by atoms with Gasteiger partial charge in [0.15, 0.2) is 0 Å². The Morgan fingerprint density at radius 3 is 2.56 bits per heavy atom. The van der Waals surface area contributed by atoms with E-state index in [9.17, 15) is 0 Å². The molecule has 3 unspecified atom stereocenters. The Balaban J connectivity index is 2.49. The molecule has 1 saturated heterocycles. The number of hydrogen-bond donors (Lipinski definition) is 1. The van der Waals surface area contributed by atoms with Gasteiger partial charge in [0.1, 0.15) is 0 Å². The molecule has 1 fully saturated rings. The van der Waals surface area contributed by atoms with Crippen molar-refractivity contribution in [3.05, 3.63) is 0 Å². The smallest absolute Gasteiger partial charge is 0.0674 e. The molecule has 3 nitrogen and oxygen atoms in total. The number of ether oxygens (including phenoxy) is 1. The highest BCUT2D eigenvalue weighted by atomic mass is 16.5. The minimum atomic E-state index is 0.328. The molecule has 0 radical (unpaired) electrons. The summed E-state index contributed by atoms with van der Waals surface area (Å²) in [6.07, 6.45) is 2.78. The molecule has 0 aromatic carbocycles. The monoisotopic (exact) mass is 256 g/mol. The zero-order valence-corrected chi connectivity index (χ0v) is 13.1. The molecule has 1 aliphatic heterocycles. The summed E-state index contributed by atoms with van der Waals surface area (Å²) < 4.78 is 5.75. The minimum absolute atomic E-state index is 0.328. The topological polar surface area (TPSA) is 24.5 Å². The lowest BCUT2D eigenvalue weighted by atomic mass is 9.84. The highest BCUT2D eigenvalue weighted by Crippen LogP contribution is 2.23. The van der Waals surface area contributed by atoms with Gasteiger partial charge in [0.25, 0.3) is 0 Å². The standard InChI is InChI=1S/C15H32N2O/c1-7-13-11-18-12(2)10-17(13)9-8-14(16-6)15(3,4)5/h12-14,16H,7-11H2,1-6H3. The predicted molar refractivity (Wildman–Crippen MR) is 78.0 cm³/mol. The fraction of sp³-hybridized carbons (Fsp3) is 1.00. The van der Waals surface area contributed by atoms with E-state index in [-0.39, 0.29) is 0 Å². The van der Waals surface area contributed by atoms with Gasteiger partial charge in [-0.15, -0.1) is 0 Å². The normalized spacial score (nSPS) is 28.3. The van der Waals surface area contributed by atoms with E-state index < -0.39 is 0 Å². The molecule has 0 bridgehead atoms. The van der Waals surface area contributed by atoms with Crippen molar-refractivity contribution in [1.82, 2.24) is 10.2 Å². The van der Waals surface area contributed by atoms with Crippen molar-refractivity contribution in [2.24, 2.45) is 5.41 Å². The van der Waals surface area contributed by atoms with Crippen LogP contribution in [0.5, 0.6) is 0 Å². The maximum atomic E-state index is 5.75. The van der Waals surface area contributed by atoms with Crippen molar-refractivity contribution < 1.29 is 4.74 Å². The van der Waals surface area contributed by atoms with Gasteiger partial charge in [-0.3, -0.25) is 4.90 Å². The van der Waals surface area contributed by atoms with Crippen molar-refractivity contribution in [2.45, 2.75) is 65.6 Å². The van der Waals surface area contributed by atoms with Crippen LogP contribution in [0.25, 0.3) is 0 Å². The second-order valence-electron chi connectivity index (χ2n) is 6.70. The maximum Gasteiger partial charge on any atom is 0.0674 e. The van der Waals surface area contributed by atoms with Crippen LogP contribution in [-0.2, 0) is 4.74 Å². The number of nitrogens with one attached hydrogen (secondary N) is 1. The summed E-state index contributed by atoms with van der Waals surface area (Å²) in [7, 11) is 2.08. The molecule has 1 aliphatic rings. The summed E-state index contributed by atoms with van der Waals surface area (Å²) >= 11 is 0. The first-order valence-corrected chi connectivity index (χ1v) is 7.41. The van der Waals surface area contributed by atoms with Gasteiger partial charge in [0, 0.05) is 25.2 Å². The largest absolute Gasteiger partial charge is 0.376 e. The van der Waals surface area contributed by atoms with Crippen molar-refractivity contribution in [2.75, 3.05) is 26.7 Å². The molecule has 3 heteroatoms. The summed E-state index contributed by atoms with van der Waals surface area (Å²) in [5.41, 5.74) is 0.328. The fourth-order valence-corrected chi connectivity index (χ4v) is 2.87. The zero-order valence-electron chi connectivity index (χ0n) is 13.1. The van der Waals surface area contributed by atoms with E-state index in [0.29, 0.717) is 23.6 Å².